The molecule has 0 bridgehead atoms. The maximum absolute atomic E-state index is 12.1. The summed E-state index contributed by atoms with van der Waals surface area (Å²) in [4.78, 5) is 16.5. The summed E-state index contributed by atoms with van der Waals surface area (Å²) in [6, 6.07) is 6.02. The smallest absolute Gasteiger partial charge is 0.227 e. The highest BCUT2D eigenvalue weighted by atomic mass is 16.5. The van der Waals surface area contributed by atoms with Crippen molar-refractivity contribution in [2.24, 2.45) is 0 Å². The first-order chi connectivity index (χ1) is 14.4. The van der Waals surface area contributed by atoms with E-state index in [2.05, 4.69) is 59.8 Å². The number of rotatable bonds is 11. The molecule has 162 valence electrons. The van der Waals surface area contributed by atoms with Gasteiger partial charge in [0.15, 0.2) is 0 Å². The van der Waals surface area contributed by atoms with Crippen molar-refractivity contribution in [2.75, 3.05) is 19.6 Å². The molecule has 1 aromatic heterocycles. The minimum atomic E-state index is 0.000361. The largest absolute Gasteiger partial charge is 0.356 e. The summed E-state index contributed by atoms with van der Waals surface area (Å²) >= 11 is 0. The zero-order valence-corrected chi connectivity index (χ0v) is 18.8. The molecule has 1 aromatic carbocycles. The Morgan fingerprint density at radius 3 is 2.73 bits per heavy atom. The Hall–Kier alpha value is -2.73. The third kappa shape index (κ3) is 7.26. The predicted octanol–water partition coefficient (Wildman–Crippen LogP) is 4.29. The fourth-order valence-electron chi connectivity index (χ4n) is 3.04. The molecule has 0 spiro atoms. The van der Waals surface area contributed by atoms with Crippen LogP contribution in [-0.2, 0) is 11.2 Å². The minimum absolute atomic E-state index is 0.000361. The van der Waals surface area contributed by atoms with E-state index in [1.807, 2.05) is 26.0 Å². The molecule has 1 heterocycles. The van der Waals surface area contributed by atoms with E-state index >= 15 is 0 Å². The molecule has 0 aliphatic carbocycles. The lowest BCUT2D eigenvalue weighted by Crippen LogP contribution is -2.28. The molecule has 0 saturated heterocycles. The number of hydrogen-bond donors (Lipinski definition) is 2. The lowest BCUT2D eigenvalue weighted by Gasteiger charge is -2.08. The zero-order chi connectivity index (χ0) is 21.9. The fourth-order valence-corrected chi connectivity index (χ4v) is 3.04. The van der Waals surface area contributed by atoms with Crippen LogP contribution in [0.15, 0.2) is 46.0 Å². The number of carbonyl (C=O) groups is 1. The SMILES string of the molecule is C/C=C\C(CNCCCNC(=O)CCc1nc(-c2cccc(C)c2C)no1)=C(C)C. The van der Waals surface area contributed by atoms with E-state index in [1.165, 1.54) is 16.7 Å². The highest BCUT2D eigenvalue weighted by Gasteiger charge is 2.13. The second kappa shape index (κ2) is 12.1. The van der Waals surface area contributed by atoms with Crippen molar-refractivity contribution < 1.29 is 9.32 Å². The minimum Gasteiger partial charge on any atom is -0.356 e. The van der Waals surface area contributed by atoms with Gasteiger partial charge in [-0.2, -0.15) is 4.98 Å². The number of nitrogens with one attached hydrogen (secondary N) is 2. The van der Waals surface area contributed by atoms with Crippen LogP contribution in [0.1, 0.15) is 50.6 Å². The number of aryl methyl sites for hydroxylation is 2. The summed E-state index contributed by atoms with van der Waals surface area (Å²) in [7, 11) is 0. The van der Waals surface area contributed by atoms with Crippen molar-refractivity contribution in [1.29, 1.82) is 0 Å². The van der Waals surface area contributed by atoms with E-state index in [4.69, 9.17) is 4.52 Å². The molecule has 30 heavy (non-hydrogen) atoms. The summed E-state index contributed by atoms with van der Waals surface area (Å²) < 4.78 is 5.32. The Labute approximate surface area is 179 Å². The third-order valence-corrected chi connectivity index (χ3v) is 5.06. The maximum atomic E-state index is 12.1. The van der Waals surface area contributed by atoms with Crippen LogP contribution in [0.4, 0.5) is 0 Å². The van der Waals surface area contributed by atoms with Gasteiger partial charge in [-0.15, -0.1) is 0 Å². The first kappa shape index (κ1) is 23.5. The van der Waals surface area contributed by atoms with Gasteiger partial charge in [0.05, 0.1) is 0 Å². The Balaban J connectivity index is 1.68. The van der Waals surface area contributed by atoms with Gasteiger partial charge in [-0.05, 0) is 64.3 Å². The average molecular weight is 411 g/mol. The summed E-state index contributed by atoms with van der Waals surface area (Å²) in [6.07, 6.45) is 5.85. The van der Waals surface area contributed by atoms with E-state index in [1.54, 1.807) is 0 Å². The Kier molecular flexibility index (Phi) is 9.48. The Bertz CT molecular complexity index is 892. The van der Waals surface area contributed by atoms with E-state index in [-0.39, 0.29) is 5.91 Å². The second-order valence-electron chi connectivity index (χ2n) is 7.66. The van der Waals surface area contributed by atoms with E-state index in [0.29, 0.717) is 31.1 Å². The molecule has 0 radical (unpaired) electrons. The summed E-state index contributed by atoms with van der Waals surface area (Å²) in [5.41, 5.74) is 5.91. The number of allylic oxidation sites excluding steroid dienone is 2. The molecule has 2 N–H and O–H groups in total. The van der Waals surface area contributed by atoms with Crippen molar-refractivity contribution in [3.05, 3.63) is 58.5 Å². The van der Waals surface area contributed by atoms with Gasteiger partial charge in [0.1, 0.15) is 0 Å². The van der Waals surface area contributed by atoms with Gasteiger partial charge >= 0.3 is 0 Å². The van der Waals surface area contributed by atoms with Crippen LogP contribution in [0.3, 0.4) is 0 Å². The quantitative estimate of drug-likeness (QED) is 0.427. The highest BCUT2D eigenvalue weighted by Crippen LogP contribution is 2.23. The topological polar surface area (TPSA) is 80.0 Å². The molecule has 2 rings (SSSR count). The van der Waals surface area contributed by atoms with Crippen LogP contribution >= 0.6 is 0 Å². The van der Waals surface area contributed by atoms with E-state index in [0.717, 1.165) is 30.6 Å². The number of aromatic nitrogens is 2. The number of amides is 1. The summed E-state index contributed by atoms with van der Waals surface area (Å²) in [5, 5.41) is 10.4. The van der Waals surface area contributed by atoms with Crippen LogP contribution in [0.25, 0.3) is 11.4 Å². The monoisotopic (exact) mass is 410 g/mol. The van der Waals surface area contributed by atoms with Crippen molar-refractivity contribution in [3.8, 4) is 11.4 Å². The van der Waals surface area contributed by atoms with Gasteiger partial charge in [-0.3, -0.25) is 4.79 Å². The Morgan fingerprint density at radius 1 is 1.20 bits per heavy atom. The van der Waals surface area contributed by atoms with E-state index in [9.17, 15) is 4.79 Å². The van der Waals surface area contributed by atoms with Gasteiger partial charge in [0, 0.05) is 31.5 Å². The fraction of sp³-hybridized carbons (Fsp3) is 0.458. The van der Waals surface area contributed by atoms with Gasteiger partial charge in [-0.25, -0.2) is 0 Å². The zero-order valence-electron chi connectivity index (χ0n) is 18.8. The molecule has 0 aliphatic rings. The van der Waals surface area contributed by atoms with Crippen LogP contribution in [0, 0.1) is 13.8 Å². The lowest BCUT2D eigenvalue weighted by atomic mass is 10.0. The predicted molar refractivity (Wildman–Crippen MR) is 121 cm³/mol. The molecule has 1 amide bonds. The van der Waals surface area contributed by atoms with Crippen LogP contribution in [-0.4, -0.2) is 35.7 Å². The Morgan fingerprint density at radius 2 is 2.00 bits per heavy atom. The second-order valence-corrected chi connectivity index (χ2v) is 7.66. The molecular weight excluding hydrogens is 376 g/mol. The van der Waals surface area contributed by atoms with Crippen molar-refractivity contribution in [2.45, 2.75) is 53.9 Å². The summed E-state index contributed by atoms with van der Waals surface area (Å²) in [5.74, 6) is 1.06. The van der Waals surface area contributed by atoms with Crippen molar-refractivity contribution in [1.82, 2.24) is 20.8 Å². The molecule has 0 unspecified atom stereocenters. The van der Waals surface area contributed by atoms with Gasteiger partial charge in [-0.1, -0.05) is 41.1 Å². The molecule has 0 fully saturated rings. The van der Waals surface area contributed by atoms with Crippen molar-refractivity contribution in [3.63, 3.8) is 0 Å². The standard InChI is InChI=1S/C24H34N4O2/c1-6-9-20(17(2)3)16-25-14-8-15-26-22(29)12-13-23-27-24(28-30-23)21-11-7-10-18(4)19(21)5/h6-7,9-11,25H,8,12-16H2,1-5H3,(H,26,29)/b9-6-. The molecule has 0 atom stereocenters. The lowest BCUT2D eigenvalue weighted by molar-refractivity contribution is -0.121. The molecule has 6 heteroatoms. The van der Waals surface area contributed by atoms with Gasteiger partial charge < -0.3 is 15.2 Å². The molecular formula is C24H34N4O2. The number of hydrogen-bond acceptors (Lipinski definition) is 5. The molecule has 6 nitrogen and oxygen atoms in total. The normalized spacial score (nSPS) is 11.1. The van der Waals surface area contributed by atoms with Crippen molar-refractivity contribution >= 4 is 5.91 Å². The van der Waals surface area contributed by atoms with Crippen LogP contribution < -0.4 is 10.6 Å². The first-order valence-corrected chi connectivity index (χ1v) is 10.6. The van der Waals surface area contributed by atoms with Gasteiger partial charge in [0.25, 0.3) is 0 Å². The maximum Gasteiger partial charge on any atom is 0.227 e. The molecule has 0 saturated carbocycles. The average Bonchev–Trinajstić information content (AvgIpc) is 3.18. The highest BCUT2D eigenvalue weighted by molar-refractivity contribution is 5.76. The number of carbonyl (C=O) groups excluding carboxylic acids is 1. The first-order valence-electron chi connectivity index (χ1n) is 10.6. The molecule has 2 aromatic rings. The number of nitrogens with zero attached hydrogens (tertiary/aromatic N) is 2. The number of benzene rings is 1. The van der Waals surface area contributed by atoms with E-state index < -0.39 is 0 Å². The van der Waals surface area contributed by atoms with Crippen LogP contribution in [0.2, 0.25) is 0 Å². The third-order valence-electron chi connectivity index (χ3n) is 5.06. The van der Waals surface area contributed by atoms with Crippen LogP contribution in [0.5, 0.6) is 0 Å². The molecule has 0 aliphatic heterocycles. The van der Waals surface area contributed by atoms with Gasteiger partial charge in [0.2, 0.25) is 17.6 Å². The summed E-state index contributed by atoms with van der Waals surface area (Å²) in [6.45, 7) is 12.7.